The summed E-state index contributed by atoms with van der Waals surface area (Å²) in [6, 6.07) is 1.38. The Hall–Kier alpha value is -1.87. The molecule has 0 aliphatic carbocycles. The molecule has 1 aliphatic heterocycles. The molecule has 2 atom stereocenters. The van der Waals surface area contributed by atoms with Crippen LogP contribution in [0.3, 0.4) is 0 Å². The molecule has 9 heteroatoms. The molecule has 1 N–H and O–H groups in total. The van der Waals surface area contributed by atoms with E-state index in [2.05, 4.69) is 19.6 Å². The number of carbonyl (C=O) groups is 1. The number of pyridine rings is 1. The molecule has 30 heavy (non-hydrogen) atoms. The van der Waals surface area contributed by atoms with Crippen molar-refractivity contribution in [2.75, 3.05) is 24.5 Å². The van der Waals surface area contributed by atoms with Gasteiger partial charge in [-0.1, -0.05) is 4.40 Å². The van der Waals surface area contributed by atoms with E-state index in [1.165, 1.54) is 12.3 Å². The topological polar surface area (TPSA) is 89.9 Å². The van der Waals surface area contributed by atoms with Crippen molar-refractivity contribution in [1.82, 2.24) is 10.3 Å². The Balaban J connectivity index is 2.10. The average Bonchev–Trinajstić information content (AvgIpc) is 3.06. The fraction of sp³-hybridized carbons (Fsp3) is 0.667. The van der Waals surface area contributed by atoms with Gasteiger partial charge in [-0.3, -0.25) is 0 Å². The maximum Gasteiger partial charge on any atom is 0.407 e. The molecule has 1 aromatic heterocycles. The van der Waals surface area contributed by atoms with Gasteiger partial charge in [0.05, 0.1) is 11.9 Å². The summed E-state index contributed by atoms with van der Waals surface area (Å²) in [7, 11) is 0. The maximum atomic E-state index is 13.9. The fourth-order valence-corrected chi connectivity index (χ4v) is 3.62. The minimum atomic E-state index is -1.45. The number of hydrogen-bond acceptors (Lipinski definition) is 6. The van der Waals surface area contributed by atoms with Gasteiger partial charge in [0.15, 0.2) is 0 Å². The standard InChI is InChI=1S/C21H33FN4O3S/c1-14(25-30(28)21(5,6)7)17-10-16(22)12-23-18(17)26-9-8-15(13-26)11-24-19(27)29-20(2,3)4/h10,12,15H,8-9,11,13H2,1-7H3,(H,24,27)/t15-,30?/m1/s1. The second kappa shape index (κ2) is 9.51. The first-order valence-corrected chi connectivity index (χ1v) is 11.2. The molecule has 2 rings (SSSR count). The van der Waals surface area contributed by atoms with E-state index in [0.717, 1.165) is 13.0 Å². The average molecular weight is 441 g/mol. The first-order valence-electron chi connectivity index (χ1n) is 10.1. The van der Waals surface area contributed by atoms with Crippen LogP contribution in [0.2, 0.25) is 0 Å². The predicted octanol–water partition coefficient (Wildman–Crippen LogP) is 3.84. The highest BCUT2D eigenvalue weighted by Crippen LogP contribution is 2.27. The lowest BCUT2D eigenvalue weighted by Crippen LogP contribution is -2.36. The molecule has 168 valence electrons. The van der Waals surface area contributed by atoms with E-state index in [1.807, 2.05) is 41.5 Å². The first-order chi connectivity index (χ1) is 13.8. The molecule has 1 unspecified atom stereocenters. The second-order valence-corrected chi connectivity index (χ2v) is 11.5. The Labute approximate surface area is 181 Å². The van der Waals surface area contributed by atoms with Crippen LogP contribution in [-0.2, 0) is 16.1 Å². The van der Waals surface area contributed by atoms with Crippen molar-refractivity contribution in [1.29, 1.82) is 0 Å². The molecule has 1 aromatic rings. The Morgan fingerprint density at radius 1 is 1.40 bits per heavy atom. The van der Waals surface area contributed by atoms with Crippen molar-refractivity contribution in [3.05, 3.63) is 23.6 Å². The van der Waals surface area contributed by atoms with Crippen LogP contribution in [0, 0.1) is 11.7 Å². The zero-order valence-corrected chi connectivity index (χ0v) is 19.7. The van der Waals surface area contributed by atoms with Gasteiger partial charge >= 0.3 is 6.09 Å². The zero-order chi connectivity index (χ0) is 22.7. The molecule has 0 bridgehead atoms. The summed E-state index contributed by atoms with van der Waals surface area (Å²) in [5, 5.41) is 2.81. The van der Waals surface area contributed by atoms with Gasteiger partial charge < -0.3 is 19.5 Å². The molecule has 1 fully saturated rings. The maximum absolute atomic E-state index is 13.9. The highest BCUT2D eigenvalue weighted by molar-refractivity contribution is 7.91. The van der Waals surface area contributed by atoms with Crippen molar-refractivity contribution >= 4 is 29.0 Å². The smallest absolute Gasteiger partial charge is 0.407 e. The van der Waals surface area contributed by atoms with Gasteiger partial charge in [0.1, 0.15) is 33.3 Å². The van der Waals surface area contributed by atoms with Crippen LogP contribution in [0.4, 0.5) is 15.0 Å². The number of aromatic nitrogens is 1. The third kappa shape index (κ3) is 7.12. The van der Waals surface area contributed by atoms with Crippen LogP contribution in [0.5, 0.6) is 0 Å². The summed E-state index contributed by atoms with van der Waals surface area (Å²) in [6.45, 7) is 14.6. The van der Waals surface area contributed by atoms with Crippen LogP contribution < -0.4 is 10.2 Å². The van der Waals surface area contributed by atoms with Gasteiger partial charge in [-0.15, -0.1) is 0 Å². The molecule has 7 nitrogen and oxygen atoms in total. The zero-order valence-electron chi connectivity index (χ0n) is 18.9. The van der Waals surface area contributed by atoms with E-state index in [0.29, 0.717) is 30.2 Å². The Kier molecular flexibility index (Phi) is 7.74. The number of amides is 1. The van der Waals surface area contributed by atoms with Crippen molar-refractivity contribution in [2.45, 2.75) is 65.2 Å². The SMILES string of the molecule is CC(=N[S+]([O-])C(C)(C)C)c1cc(F)cnc1N1CC[C@H](CNC(=O)OC(C)(C)C)C1. The Bertz CT molecular complexity index is 789. The predicted molar refractivity (Wildman–Crippen MR) is 119 cm³/mol. The number of alkyl carbamates (subject to hydrolysis) is 1. The number of rotatable bonds is 5. The van der Waals surface area contributed by atoms with E-state index in [1.54, 1.807) is 6.92 Å². The van der Waals surface area contributed by atoms with E-state index in [9.17, 15) is 13.7 Å². The number of nitrogens with zero attached hydrogens (tertiary/aromatic N) is 3. The number of anilines is 1. The molecular weight excluding hydrogens is 407 g/mol. The van der Waals surface area contributed by atoms with Gasteiger partial charge in [-0.05, 0) is 66.9 Å². The van der Waals surface area contributed by atoms with Gasteiger partial charge in [0, 0.05) is 25.2 Å². The van der Waals surface area contributed by atoms with Crippen molar-refractivity contribution in [3.63, 3.8) is 0 Å². The first kappa shape index (κ1) is 24.4. The Morgan fingerprint density at radius 2 is 2.07 bits per heavy atom. The highest BCUT2D eigenvalue weighted by atomic mass is 32.2. The summed E-state index contributed by atoms with van der Waals surface area (Å²) in [5.41, 5.74) is 0.483. The summed E-state index contributed by atoms with van der Waals surface area (Å²) < 4.78 is 35.4. The van der Waals surface area contributed by atoms with Crippen LogP contribution in [-0.4, -0.2) is 51.3 Å². The fourth-order valence-electron chi connectivity index (χ4n) is 2.99. The van der Waals surface area contributed by atoms with Crippen LogP contribution in [0.15, 0.2) is 16.7 Å². The van der Waals surface area contributed by atoms with Gasteiger partial charge in [-0.25, -0.2) is 14.2 Å². The van der Waals surface area contributed by atoms with Crippen LogP contribution in [0.1, 0.15) is 60.5 Å². The largest absolute Gasteiger partial charge is 0.591 e. The molecule has 1 amide bonds. The summed E-state index contributed by atoms with van der Waals surface area (Å²) in [6.07, 6.45) is 1.60. The molecule has 0 radical (unpaired) electrons. The van der Waals surface area contributed by atoms with Gasteiger partial charge in [-0.2, -0.15) is 0 Å². The number of halogens is 1. The molecular formula is C21H33FN4O3S. The lowest BCUT2D eigenvalue weighted by molar-refractivity contribution is 0.0520. The van der Waals surface area contributed by atoms with Crippen molar-refractivity contribution in [3.8, 4) is 0 Å². The van der Waals surface area contributed by atoms with Gasteiger partial charge in [0.25, 0.3) is 0 Å². The lowest BCUT2D eigenvalue weighted by atomic mass is 10.1. The minimum absolute atomic E-state index is 0.221. The summed E-state index contributed by atoms with van der Waals surface area (Å²) in [4.78, 5) is 18.2. The molecule has 2 heterocycles. The summed E-state index contributed by atoms with van der Waals surface area (Å²) in [5.74, 6) is 0.369. The van der Waals surface area contributed by atoms with Crippen molar-refractivity contribution in [2.24, 2.45) is 10.3 Å². The van der Waals surface area contributed by atoms with E-state index in [4.69, 9.17) is 4.74 Å². The Morgan fingerprint density at radius 3 is 2.67 bits per heavy atom. The lowest BCUT2D eigenvalue weighted by Gasteiger charge is -2.23. The molecule has 0 aromatic carbocycles. The van der Waals surface area contributed by atoms with Crippen LogP contribution in [0.25, 0.3) is 0 Å². The molecule has 0 saturated carbocycles. The van der Waals surface area contributed by atoms with Crippen molar-refractivity contribution < 1.29 is 18.5 Å². The van der Waals surface area contributed by atoms with Gasteiger partial charge in [0.2, 0.25) is 0 Å². The number of hydrogen-bond donors (Lipinski definition) is 1. The van der Waals surface area contributed by atoms with E-state index >= 15 is 0 Å². The molecule has 1 aliphatic rings. The normalized spacial score (nSPS) is 19.0. The van der Waals surface area contributed by atoms with E-state index < -0.39 is 33.6 Å². The number of ether oxygens (including phenoxy) is 1. The summed E-state index contributed by atoms with van der Waals surface area (Å²) >= 11 is -1.45. The van der Waals surface area contributed by atoms with Crippen LogP contribution >= 0.6 is 0 Å². The number of carbonyl (C=O) groups excluding carboxylic acids is 1. The minimum Gasteiger partial charge on any atom is -0.591 e. The van der Waals surface area contributed by atoms with E-state index in [-0.39, 0.29) is 5.92 Å². The molecule has 0 spiro atoms. The molecule has 1 saturated heterocycles. The number of nitrogens with one attached hydrogen (secondary N) is 1. The monoisotopic (exact) mass is 440 g/mol. The second-order valence-electron chi connectivity index (χ2n) is 9.55. The quantitative estimate of drug-likeness (QED) is 0.555. The third-order valence-corrected chi connectivity index (χ3v) is 5.97. The highest BCUT2D eigenvalue weighted by Gasteiger charge is 2.30. The third-order valence-electron chi connectivity index (χ3n) is 4.49.